The Morgan fingerprint density at radius 2 is 1.58 bits per heavy atom. The van der Waals surface area contributed by atoms with Gasteiger partial charge in [-0.25, -0.2) is 9.59 Å². The summed E-state index contributed by atoms with van der Waals surface area (Å²) in [6.45, 7) is -0.325. The monoisotopic (exact) mass is 357 g/mol. The highest BCUT2D eigenvalue weighted by Crippen LogP contribution is 2.26. The maximum absolute atomic E-state index is 12.4. The largest absolute Gasteiger partial charge is 0.482 e. The molecule has 0 saturated heterocycles. The van der Waals surface area contributed by atoms with Gasteiger partial charge in [0.2, 0.25) is 0 Å². The number of carbonyl (C=O) groups excluding carboxylic acids is 3. The van der Waals surface area contributed by atoms with Gasteiger partial charge in [-0.2, -0.15) is 0 Å². The molecular formula is C19H19NO6. The van der Waals surface area contributed by atoms with Crippen LogP contribution in [0.3, 0.4) is 0 Å². The molecule has 0 radical (unpaired) electrons. The van der Waals surface area contributed by atoms with Crippen LogP contribution >= 0.6 is 0 Å². The lowest BCUT2D eigenvalue weighted by molar-refractivity contribution is -0.143. The Hall–Kier alpha value is -3.35. The average Bonchev–Trinajstić information content (AvgIpc) is 2.70. The summed E-state index contributed by atoms with van der Waals surface area (Å²) in [4.78, 5) is 36.0. The minimum absolute atomic E-state index is 0.265. The Labute approximate surface area is 150 Å². The van der Waals surface area contributed by atoms with Crippen LogP contribution in [-0.2, 0) is 19.1 Å². The lowest BCUT2D eigenvalue weighted by Crippen LogP contribution is -2.35. The minimum Gasteiger partial charge on any atom is -0.482 e. The maximum Gasteiger partial charge on any atom is 0.343 e. The summed E-state index contributed by atoms with van der Waals surface area (Å²) in [6, 6.07) is 13.9. The third-order valence-electron chi connectivity index (χ3n) is 3.55. The fourth-order valence-electron chi connectivity index (χ4n) is 2.23. The molecule has 0 aliphatic heterocycles. The summed E-state index contributed by atoms with van der Waals surface area (Å²) in [5.74, 6) is -1.41. The Balaban J connectivity index is 2.28. The topological polar surface area (TPSA) is 90.9 Å². The van der Waals surface area contributed by atoms with E-state index in [1.807, 2.05) is 0 Å². The molecule has 0 aromatic heterocycles. The van der Waals surface area contributed by atoms with E-state index in [1.165, 1.54) is 14.2 Å². The summed E-state index contributed by atoms with van der Waals surface area (Å²) in [5.41, 5.74) is 0.766. The predicted molar refractivity (Wildman–Crippen MR) is 92.6 cm³/mol. The Morgan fingerprint density at radius 3 is 2.23 bits per heavy atom. The van der Waals surface area contributed by atoms with Crippen molar-refractivity contribution >= 4 is 17.8 Å². The minimum atomic E-state index is -1.10. The zero-order chi connectivity index (χ0) is 18.9. The van der Waals surface area contributed by atoms with E-state index in [0.29, 0.717) is 11.1 Å². The van der Waals surface area contributed by atoms with Crippen LogP contribution in [0.15, 0.2) is 54.6 Å². The van der Waals surface area contributed by atoms with Gasteiger partial charge >= 0.3 is 11.9 Å². The highest BCUT2D eigenvalue weighted by Gasteiger charge is 2.27. The second-order valence-electron chi connectivity index (χ2n) is 5.20. The van der Waals surface area contributed by atoms with E-state index in [0.717, 1.165) is 0 Å². The van der Waals surface area contributed by atoms with Crippen LogP contribution in [0.1, 0.15) is 22.0 Å². The van der Waals surface area contributed by atoms with E-state index in [2.05, 4.69) is 10.1 Å². The first kappa shape index (κ1) is 19.0. The van der Waals surface area contributed by atoms with Crippen LogP contribution in [0.25, 0.3) is 0 Å². The van der Waals surface area contributed by atoms with Crippen molar-refractivity contribution in [2.75, 3.05) is 20.8 Å². The second-order valence-corrected chi connectivity index (χ2v) is 5.20. The summed E-state index contributed by atoms with van der Waals surface area (Å²) in [6.07, 6.45) is 0. The van der Waals surface area contributed by atoms with Crippen LogP contribution < -0.4 is 10.1 Å². The van der Waals surface area contributed by atoms with Crippen LogP contribution in [0.2, 0.25) is 0 Å². The van der Waals surface area contributed by atoms with Gasteiger partial charge in [-0.05, 0) is 18.2 Å². The molecule has 1 unspecified atom stereocenters. The van der Waals surface area contributed by atoms with Crippen LogP contribution in [0.4, 0.5) is 0 Å². The number of ether oxygens (including phenoxy) is 3. The zero-order valence-corrected chi connectivity index (χ0v) is 14.4. The number of para-hydroxylation sites is 1. The molecule has 2 aromatic rings. The number of nitrogens with one attached hydrogen (secondary N) is 1. The van der Waals surface area contributed by atoms with Gasteiger partial charge in [0.15, 0.2) is 12.6 Å². The van der Waals surface area contributed by atoms with Crippen LogP contribution in [0, 0.1) is 0 Å². The van der Waals surface area contributed by atoms with E-state index < -0.39 is 23.9 Å². The molecule has 26 heavy (non-hydrogen) atoms. The van der Waals surface area contributed by atoms with Crippen LogP contribution in [0.5, 0.6) is 5.75 Å². The molecule has 0 spiro atoms. The number of rotatable bonds is 7. The van der Waals surface area contributed by atoms with Crippen LogP contribution in [-0.4, -0.2) is 38.7 Å². The molecule has 2 aromatic carbocycles. The first-order valence-electron chi connectivity index (χ1n) is 7.79. The molecule has 1 N–H and O–H groups in total. The van der Waals surface area contributed by atoms with Crippen molar-refractivity contribution in [1.29, 1.82) is 0 Å². The zero-order valence-electron chi connectivity index (χ0n) is 14.4. The van der Waals surface area contributed by atoms with Gasteiger partial charge in [0.1, 0.15) is 5.75 Å². The van der Waals surface area contributed by atoms with Gasteiger partial charge in [0.25, 0.3) is 5.91 Å². The molecule has 0 aliphatic carbocycles. The number of methoxy groups -OCH3 is 2. The standard InChI is InChI=1S/C19H19NO6/c1-24-16(21)12-26-15-11-7-6-10-14(15)17(19(23)25-2)20-18(22)13-8-4-3-5-9-13/h3-11,17H,12H2,1-2H3,(H,20,22). The number of carbonyl (C=O) groups is 3. The van der Waals surface area contributed by atoms with Crippen molar-refractivity contribution in [1.82, 2.24) is 5.32 Å². The Bertz CT molecular complexity index is 775. The van der Waals surface area contributed by atoms with Gasteiger partial charge < -0.3 is 19.5 Å². The maximum atomic E-state index is 12.4. The molecule has 7 nitrogen and oxygen atoms in total. The molecule has 0 fully saturated rings. The number of benzene rings is 2. The smallest absolute Gasteiger partial charge is 0.343 e. The normalized spacial score (nSPS) is 11.2. The van der Waals surface area contributed by atoms with E-state index in [1.54, 1.807) is 54.6 Å². The summed E-state index contributed by atoms with van der Waals surface area (Å²) in [5, 5.41) is 2.63. The first-order chi connectivity index (χ1) is 12.6. The van der Waals surface area contributed by atoms with E-state index in [9.17, 15) is 14.4 Å². The number of hydrogen-bond acceptors (Lipinski definition) is 6. The Morgan fingerprint density at radius 1 is 0.923 bits per heavy atom. The third kappa shape index (κ3) is 4.83. The molecule has 1 amide bonds. The predicted octanol–water partition coefficient (Wildman–Crippen LogP) is 1.88. The molecule has 136 valence electrons. The van der Waals surface area contributed by atoms with Crippen molar-refractivity contribution in [3.05, 3.63) is 65.7 Å². The first-order valence-corrected chi connectivity index (χ1v) is 7.79. The fourth-order valence-corrected chi connectivity index (χ4v) is 2.23. The van der Waals surface area contributed by atoms with Crippen molar-refractivity contribution < 1.29 is 28.6 Å². The van der Waals surface area contributed by atoms with Crippen molar-refractivity contribution in [2.45, 2.75) is 6.04 Å². The summed E-state index contributed by atoms with van der Waals surface area (Å²) >= 11 is 0. The lowest BCUT2D eigenvalue weighted by Gasteiger charge is -2.20. The number of hydrogen-bond donors (Lipinski definition) is 1. The summed E-state index contributed by atoms with van der Waals surface area (Å²) in [7, 11) is 2.47. The molecule has 0 bridgehead atoms. The average molecular weight is 357 g/mol. The second kappa shape index (κ2) is 9.22. The lowest BCUT2D eigenvalue weighted by atomic mass is 10.0. The van der Waals surface area contributed by atoms with Crippen molar-refractivity contribution in [3.8, 4) is 5.75 Å². The Kier molecular flexibility index (Phi) is 6.73. The fraction of sp³-hybridized carbons (Fsp3) is 0.211. The highest BCUT2D eigenvalue weighted by atomic mass is 16.6. The van der Waals surface area contributed by atoms with E-state index in [-0.39, 0.29) is 12.4 Å². The molecule has 1 atom stereocenters. The summed E-state index contributed by atoms with van der Waals surface area (Å²) < 4.78 is 14.8. The van der Waals surface area contributed by atoms with Gasteiger partial charge in [-0.15, -0.1) is 0 Å². The van der Waals surface area contributed by atoms with E-state index >= 15 is 0 Å². The molecule has 0 aliphatic rings. The molecule has 0 saturated carbocycles. The van der Waals surface area contributed by atoms with Crippen molar-refractivity contribution in [2.24, 2.45) is 0 Å². The highest BCUT2D eigenvalue weighted by molar-refractivity contribution is 5.97. The molecule has 2 rings (SSSR count). The van der Waals surface area contributed by atoms with Gasteiger partial charge in [0, 0.05) is 11.1 Å². The third-order valence-corrected chi connectivity index (χ3v) is 3.55. The van der Waals surface area contributed by atoms with E-state index in [4.69, 9.17) is 9.47 Å². The quantitative estimate of drug-likeness (QED) is 0.761. The van der Waals surface area contributed by atoms with Gasteiger partial charge in [0.05, 0.1) is 14.2 Å². The van der Waals surface area contributed by atoms with Crippen molar-refractivity contribution in [3.63, 3.8) is 0 Å². The van der Waals surface area contributed by atoms with Gasteiger partial charge in [-0.1, -0.05) is 36.4 Å². The molecular weight excluding hydrogens is 338 g/mol. The molecule has 0 heterocycles. The molecule has 7 heteroatoms. The SMILES string of the molecule is COC(=O)COc1ccccc1C(NC(=O)c1ccccc1)C(=O)OC. The van der Waals surface area contributed by atoms with Gasteiger partial charge in [-0.3, -0.25) is 4.79 Å². The number of esters is 2. The number of amides is 1.